The Morgan fingerprint density at radius 2 is 1.91 bits per heavy atom. The number of benzene rings is 2. The molecule has 13 heteroatoms. The third-order valence-corrected chi connectivity index (χ3v) is 8.95. The lowest BCUT2D eigenvalue weighted by Gasteiger charge is -2.25. The molecule has 44 heavy (non-hydrogen) atoms. The van der Waals surface area contributed by atoms with Crippen LogP contribution in [0.25, 0.3) is 11.1 Å². The molecular formula is C31H37F2N5O5S. The van der Waals surface area contributed by atoms with Gasteiger partial charge in [0.2, 0.25) is 12.3 Å². The van der Waals surface area contributed by atoms with Gasteiger partial charge in [0.1, 0.15) is 18.2 Å². The lowest BCUT2D eigenvalue weighted by atomic mass is 10.00. The Kier molecular flexibility index (Phi) is 11.1. The molecule has 4 aliphatic rings. The number of carbonyl (C=O) groups excluding carboxylic acids is 3. The van der Waals surface area contributed by atoms with Crippen LogP contribution in [0.4, 0.5) is 8.78 Å². The lowest BCUT2D eigenvalue weighted by molar-refractivity contribution is -0.152. The summed E-state index contributed by atoms with van der Waals surface area (Å²) in [4.78, 5) is 40.3. The molecule has 4 N–H and O–H groups in total. The quantitative estimate of drug-likeness (QED) is 0.253. The summed E-state index contributed by atoms with van der Waals surface area (Å²) < 4.78 is 38.8. The van der Waals surface area contributed by atoms with E-state index < -0.39 is 17.4 Å². The van der Waals surface area contributed by atoms with Crippen molar-refractivity contribution in [3.05, 3.63) is 70.1 Å². The number of nitrogens with two attached hydrogens (primary N) is 1. The molecule has 2 fully saturated rings. The fourth-order valence-electron chi connectivity index (χ4n) is 5.62. The van der Waals surface area contributed by atoms with Gasteiger partial charge in [-0.2, -0.15) is 0 Å². The summed E-state index contributed by atoms with van der Waals surface area (Å²) in [5, 5.41) is 8.50. The van der Waals surface area contributed by atoms with Crippen molar-refractivity contribution in [2.75, 3.05) is 38.6 Å². The van der Waals surface area contributed by atoms with Crippen molar-refractivity contribution in [1.29, 1.82) is 5.41 Å². The number of nitrogens with zero attached hydrogens (tertiary/aromatic N) is 2. The highest BCUT2D eigenvalue weighted by molar-refractivity contribution is 8.03. The maximum atomic E-state index is 14.2. The highest BCUT2D eigenvalue weighted by Crippen LogP contribution is 2.35. The van der Waals surface area contributed by atoms with Crippen LogP contribution in [0.15, 0.2) is 47.4 Å². The van der Waals surface area contributed by atoms with Crippen LogP contribution in [0.2, 0.25) is 0 Å². The van der Waals surface area contributed by atoms with Crippen molar-refractivity contribution in [3.63, 3.8) is 0 Å². The number of rotatable bonds is 6. The molecule has 6 rings (SSSR count). The topological polar surface area (TPSA) is 138 Å². The number of nitrogens with one attached hydrogen (secondary N) is 2. The Balaban J connectivity index is 0.000000285. The van der Waals surface area contributed by atoms with Gasteiger partial charge in [0.25, 0.3) is 5.91 Å². The molecule has 2 aromatic rings. The summed E-state index contributed by atoms with van der Waals surface area (Å²) in [6, 6.07) is 8.37. The van der Waals surface area contributed by atoms with Crippen molar-refractivity contribution in [3.8, 4) is 11.1 Å². The summed E-state index contributed by atoms with van der Waals surface area (Å²) >= 11 is 1.83. The van der Waals surface area contributed by atoms with Gasteiger partial charge < -0.3 is 30.3 Å². The average Bonchev–Trinajstić information content (AvgIpc) is 3.77. The van der Waals surface area contributed by atoms with Crippen molar-refractivity contribution in [2.45, 2.75) is 38.6 Å². The maximum absolute atomic E-state index is 14.2. The summed E-state index contributed by atoms with van der Waals surface area (Å²) in [5.41, 5.74) is 6.31. The van der Waals surface area contributed by atoms with Crippen LogP contribution < -0.4 is 11.1 Å². The van der Waals surface area contributed by atoms with Crippen LogP contribution in [0.1, 0.15) is 36.2 Å². The second-order valence-corrected chi connectivity index (χ2v) is 12.1. The van der Waals surface area contributed by atoms with E-state index in [1.165, 1.54) is 21.9 Å². The Morgan fingerprint density at radius 3 is 2.55 bits per heavy atom. The number of allylic oxidation sites excluding steroid dienone is 1. The van der Waals surface area contributed by atoms with Gasteiger partial charge in [-0.1, -0.05) is 25.1 Å². The molecule has 0 radical (unpaired) electrons. The van der Waals surface area contributed by atoms with E-state index in [2.05, 4.69) is 24.1 Å². The molecule has 2 atom stereocenters. The number of hydrogen-bond acceptors (Lipinski definition) is 7. The minimum Gasteiger partial charge on any atom is -0.390 e. The van der Waals surface area contributed by atoms with Gasteiger partial charge in [0.05, 0.1) is 26.1 Å². The molecule has 2 aromatic carbocycles. The van der Waals surface area contributed by atoms with E-state index >= 15 is 0 Å². The molecule has 0 aliphatic carbocycles. The largest absolute Gasteiger partial charge is 0.390 e. The predicted molar refractivity (Wildman–Crippen MR) is 164 cm³/mol. The van der Waals surface area contributed by atoms with Crippen molar-refractivity contribution in [1.82, 2.24) is 15.1 Å². The molecule has 10 nitrogen and oxygen atoms in total. The minimum atomic E-state index is -0.721. The minimum absolute atomic E-state index is 0.0428. The standard InChI is InChI=1S/C23H22F2N2O4.C7H11NOS.CH4N2/c1-14-10-23(30-6-7-31-23)13-27(14)21(28)12-26-11-16-3-2-15(8-19(16)22(26)29)18-5-4-17(24)9-20(18)25;1-6-2-7(10-4-6)3-8-5-9;2-1-3/h2-5,8-9,14H,6-7,10-13H2,1H3;2,5-6H,3-4H2,1H3,(H,8,9);1H,(H3,2,3). The monoisotopic (exact) mass is 629 g/mol. The van der Waals surface area contributed by atoms with E-state index in [9.17, 15) is 23.2 Å². The maximum Gasteiger partial charge on any atom is 0.254 e. The molecule has 4 heterocycles. The summed E-state index contributed by atoms with van der Waals surface area (Å²) in [6.45, 7) is 6.50. The van der Waals surface area contributed by atoms with E-state index in [0.29, 0.717) is 56.3 Å². The molecule has 0 aromatic heterocycles. The second kappa shape index (κ2) is 14.8. The highest BCUT2D eigenvalue weighted by Gasteiger charge is 2.48. The number of ether oxygens (including phenoxy) is 2. The molecule has 1 spiro atoms. The first-order valence-electron chi connectivity index (χ1n) is 14.3. The van der Waals surface area contributed by atoms with Crippen LogP contribution in [0.5, 0.6) is 0 Å². The third kappa shape index (κ3) is 7.82. The zero-order valence-electron chi connectivity index (χ0n) is 24.7. The number of halogens is 2. The number of thioether (sulfide) groups is 1. The molecule has 4 aliphatic heterocycles. The summed E-state index contributed by atoms with van der Waals surface area (Å²) in [6.07, 6.45) is 4.31. The first kappa shape index (κ1) is 33.1. The van der Waals surface area contributed by atoms with Gasteiger partial charge >= 0.3 is 0 Å². The number of fused-ring (bicyclic) bond motifs is 1. The zero-order valence-corrected chi connectivity index (χ0v) is 25.5. The normalized spacial score (nSPS) is 21.2. The van der Waals surface area contributed by atoms with E-state index in [1.54, 1.807) is 23.1 Å². The molecule has 0 bridgehead atoms. The summed E-state index contributed by atoms with van der Waals surface area (Å²) in [5.74, 6) is -0.664. The van der Waals surface area contributed by atoms with Gasteiger partial charge in [-0.25, -0.2) is 8.78 Å². The lowest BCUT2D eigenvalue weighted by Crippen LogP contribution is -2.43. The van der Waals surface area contributed by atoms with Crippen LogP contribution in [0, 0.1) is 23.0 Å². The van der Waals surface area contributed by atoms with Gasteiger partial charge in [-0.3, -0.25) is 19.8 Å². The van der Waals surface area contributed by atoms with Crippen molar-refractivity contribution < 1.29 is 32.6 Å². The third-order valence-electron chi connectivity index (χ3n) is 7.60. The van der Waals surface area contributed by atoms with Crippen LogP contribution in [-0.2, 0) is 25.6 Å². The number of hydrogen-bond donors (Lipinski definition) is 3. The van der Waals surface area contributed by atoms with Crippen molar-refractivity contribution in [2.24, 2.45) is 11.7 Å². The SMILES string of the molecule is CC1C=C(CNC=O)SC1.CC1CC2(CN1C(=O)CN1Cc3ccc(-c4ccc(F)cc4F)cc3C1=O)OCCO2.N=CN. The van der Waals surface area contributed by atoms with E-state index in [-0.39, 0.29) is 30.0 Å². The first-order valence-corrected chi connectivity index (χ1v) is 15.2. The number of carbonyl (C=O) groups is 3. The highest BCUT2D eigenvalue weighted by atomic mass is 32.2. The fraction of sp³-hybridized carbons (Fsp3) is 0.419. The number of likely N-dealkylation sites (tertiary alicyclic amines) is 1. The van der Waals surface area contributed by atoms with Gasteiger partial charge in [0, 0.05) is 53.4 Å². The van der Waals surface area contributed by atoms with E-state index in [4.69, 9.17) is 14.9 Å². The van der Waals surface area contributed by atoms with Gasteiger partial charge in [-0.05, 0) is 42.2 Å². The van der Waals surface area contributed by atoms with Crippen LogP contribution >= 0.6 is 11.8 Å². The van der Waals surface area contributed by atoms with E-state index in [0.717, 1.165) is 30.1 Å². The molecule has 2 unspecified atom stereocenters. The van der Waals surface area contributed by atoms with E-state index in [1.807, 2.05) is 18.7 Å². The Morgan fingerprint density at radius 1 is 1.18 bits per heavy atom. The zero-order chi connectivity index (χ0) is 31.9. The van der Waals surface area contributed by atoms with Gasteiger partial charge in [-0.15, -0.1) is 11.8 Å². The molecule has 0 saturated carbocycles. The molecular weight excluding hydrogens is 592 g/mol. The van der Waals surface area contributed by atoms with Crippen LogP contribution in [0.3, 0.4) is 0 Å². The molecule has 236 valence electrons. The fourth-order valence-corrected chi connectivity index (χ4v) is 6.71. The molecule has 2 saturated heterocycles. The van der Waals surface area contributed by atoms with Crippen molar-refractivity contribution >= 4 is 36.3 Å². The van der Waals surface area contributed by atoms with Crippen LogP contribution in [-0.4, -0.2) is 84.8 Å². The summed E-state index contributed by atoms with van der Waals surface area (Å²) in [7, 11) is 0. The first-order chi connectivity index (χ1) is 21.1. The van der Waals surface area contributed by atoms with Gasteiger partial charge in [0.15, 0.2) is 5.79 Å². The Bertz CT molecular complexity index is 1420. The number of amides is 3. The molecule has 3 amide bonds. The predicted octanol–water partition coefficient (Wildman–Crippen LogP) is 3.50. The Hall–Kier alpha value is -3.81. The smallest absolute Gasteiger partial charge is 0.254 e. The average molecular weight is 630 g/mol. The Labute approximate surface area is 259 Å². The second-order valence-electron chi connectivity index (χ2n) is 10.9.